The van der Waals surface area contributed by atoms with E-state index in [1.165, 1.54) is 0 Å². The Morgan fingerprint density at radius 2 is 2.07 bits per heavy atom. The van der Waals surface area contributed by atoms with E-state index in [0.717, 1.165) is 51.4 Å². The molecule has 0 saturated carbocycles. The summed E-state index contributed by atoms with van der Waals surface area (Å²) in [6.07, 6.45) is 7.67. The maximum atomic E-state index is 4.61. The van der Waals surface area contributed by atoms with Crippen LogP contribution >= 0.6 is 0 Å². The summed E-state index contributed by atoms with van der Waals surface area (Å²) in [6.45, 7) is 4.99. The Labute approximate surface area is 155 Å². The lowest BCUT2D eigenvalue weighted by Gasteiger charge is -2.10. The van der Waals surface area contributed by atoms with Crippen LogP contribution in [0.4, 0.5) is 11.5 Å². The number of anilines is 2. The number of aryl methyl sites for hydroxylation is 2. The summed E-state index contributed by atoms with van der Waals surface area (Å²) in [6, 6.07) is 10.5. The lowest BCUT2D eigenvalue weighted by atomic mass is 10.1. The van der Waals surface area contributed by atoms with Crippen molar-refractivity contribution in [1.82, 2.24) is 29.4 Å². The second kappa shape index (κ2) is 5.98. The first-order valence-corrected chi connectivity index (χ1v) is 8.93. The second-order valence-electron chi connectivity index (χ2n) is 6.58. The fourth-order valence-electron chi connectivity index (χ4n) is 3.43. The number of H-pyrrole nitrogens is 1. The third-order valence-corrected chi connectivity index (χ3v) is 4.81. The summed E-state index contributed by atoms with van der Waals surface area (Å²) >= 11 is 0. The van der Waals surface area contributed by atoms with Gasteiger partial charge in [0.25, 0.3) is 0 Å². The number of imidazole rings is 1. The second-order valence-corrected chi connectivity index (χ2v) is 6.58. The molecule has 0 fully saturated rings. The van der Waals surface area contributed by atoms with Gasteiger partial charge in [0, 0.05) is 47.8 Å². The Morgan fingerprint density at radius 1 is 1.15 bits per heavy atom. The number of nitrogens with zero attached hydrogens (tertiary/aromatic N) is 5. The molecule has 134 valence electrons. The average molecular weight is 357 g/mol. The summed E-state index contributed by atoms with van der Waals surface area (Å²) in [5, 5.41) is 16.3. The SMILES string of the molecule is CCn1nc(Nc2cc(-c3ccc4cn[nH]c4c3)cn3ccnc23)cc1C. The van der Waals surface area contributed by atoms with Gasteiger partial charge in [-0.2, -0.15) is 10.2 Å². The van der Waals surface area contributed by atoms with Crippen LogP contribution in [0.1, 0.15) is 12.6 Å². The Kier molecular flexibility index (Phi) is 3.46. The Bertz CT molecular complexity index is 1260. The molecule has 0 bridgehead atoms. The molecule has 1 aromatic carbocycles. The summed E-state index contributed by atoms with van der Waals surface area (Å²) < 4.78 is 4.00. The lowest BCUT2D eigenvalue weighted by molar-refractivity contribution is 0.642. The lowest BCUT2D eigenvalue weighted by Crippen LogP contribution is -2.00. The molecule has 27 heavy (non-hydrogen) atoms. The van der Waals surface area contributed by atoms with E-state index in [0.29, 0.717) is 0 Å². The van der Waals surface area contributed by atoms with Gasteiger partial charge in [0.15, 0.2) is 11.5 Å². The van der Waals surface area contributed by atoms with Crippen LogP contribution in [0.15, 0.2) is 55.1 Å². The number of hydrogen-bond acceptors (Lipinski definition) is 4. The molecular formula is C20H19N7. The normalized spacial score (nSPS) is 11.5. The minimum atomic E-state index is 0.820. The molecule has 4 heterocycles. The highest BCUT2D eigenvalue weighted by Gasteiger charge is 2.11. The molecule has 0 aliphatic carbocycles. The van der Waals surface area contributed by atoms with Gasteiger partial charge >= 0.3 is 0 Å². The van der Waals surface area contributed by atoms with Gasteiger partial charge in [0.1, 0.15) is 0 Å². The van der Waals surface area contributed by atoms with E-state index in [-0.39, 0.29) is 0 Å². The number of hydrogen-bond donors (Lipinski definition) is 2. The minimum Gasteiger partial charge on any atom is -0.336 e. The van der Waals surface area contributed by atoms with Gasteiger partial charge in [-0.3, -0.25) is 9.78 Å². The van der Waals surface area contributed by atoms with E-state index in [1.807, 2.05) is 27.5 Å². The Balaban J connectivity index is 1.61. The third kappa shape index (κ3) is 2.64. The summed E-state index contributed by atoms with van der Waals surface area (Å²) in [7, 11) is 0. The fraction of sp³-hybridized carbons (Fsp3) is 0.150. The molecule has 4 aromatic heterocycles. The van der Waals surface area contributed by atoms with E-state index in [2.05, 4.69) is 69.9 Å². The van der Waals surface area contributed by atoms with Crippen LogP contribution in [0.25, 0.3) is 27.7 Å². The zero-order valence-electron chi connectivity index (χ0n) is 15.1. The maximum absolute atomic E-state index is 4.61. The van der Waals surface area contributed by atoms with Gasteiger partial charge in [0.05, 0.1) is 17.4 Å². The summed E-state index contributed by atoms with van der Waals surface area (Å²) in [4.78, 5) is 4.49. The van der Waals surface area contributed by atoms with Gasteiger partial charge in [-0.1, -0.05) is 12.1 Å². The van der Waals surface area contributed by atoms with Crippen LogP contribution < -0.4 is 5.32 Å². The van der Waals surface area contributed by atoms with Crippen LogP contribution in [0, 0.1) is 6.92 Å². The zero-order chi connectivity index (χ0) is 18.4. The van der Waals surface area contributed by atoms with Crippen molar-refractivity contribution in [1.29, 1.82) is 0 Å². The molecule has 0 spiro atoms. The van der Waals surface area contributed by atoms with Crippen molar-refractivity contribution in [2.75, 3.05) is 5.32 Å². The molecule has 7 nitrogen and oxygen atoms in total. The Morgan fingerprint density at radius 3 is 2.93 bits per heavy atom. The first kappa shape index (κ1) is 15.6. The fourth-order valence-corrected chi connectivity index (χ4v) is 3.43. The predicted molar refractivity (Wildman–Crippen MR) is 106 cm³/mol. The van der Waals surface area contributed by atoms with Crippen molar-refractivity contribution >= 4 is 28.1 Å². The first-order valence-electron chi connectivity index (χ1n) is 8.93. The van der Waals surface area contributed by atoms with Crippen molar-refractivity contribution in [2.45, 2.75) is 20.4 Å². The van der Waals surface area contributed by atoms with E-state index < -0.39 is 0 Å². The van der Waals surface area contributed by atoms with Crippen LogP contribution in [0.3, 0.4) is 0 Å². The summed E-state index contributed by atoms with van der Waals surface area (Å²) in [5.74, 6) is 0.820. The van der Waals surface area contributed by atoms with Gasteiger partial charge in [-0.05, 0) is 31.5 Å². The molecule has 0 atom stereocenters. The van der Waals surface area contributed by atoms with Crippen molar-refractivity contribution in [3.8, 4) is 11.1 Å². The first-order chi connectivity index (χ1) is 13.2. The smallest absolute Gasteiger partial charge is 0.160 e. The number of aromatic nitrogens is 6. The minimum absolute atomic E-state index is 0.820. The van der Waals surface area contributed by atoms with Gasteiger partial charge in [-0.15, -0.1) is 0 Å². The molecule has 0 aliphatic rings. The number of pyridine rings is 1. The van der Waals surface area contributed by atoms with Crippen molar-refractivity contribution in [3.05, 3.63) is 60.8 Å². The highest BCUT2D eigenvalue weighted by atomic mass is 15.3. The van der Waals surface area contributed by atoms with Crippen molar-refractivity contribution in [2.24, 2.45) is 0 Å². The standard InChI is InChI=1S/C20H19N7/c1-3-27-13(2)8-19(25-27)23-18-10-16(12-26-7-6-21-20(18)26)14-4-5-15-11-22-24-17(15)9-14/h4-12H,3H2,1-2H3,(H,22,24)(H,23,25). The number of aromatic amines is 1. The van der Waals surface area contributed by atoms with Crippen LogP contribution in [-0.4, -0.2) is 29.4 Å². The third-order valence-electron chi connectivity index (χ3n) is 4.81. The highest BCUT2D eigenvalue weighted by Crippen LogP contribution is 2.29. The highest BCUT2D eigenvalue weighted by molar-refractivity contribution is 5.86. The van der Waals surface area contributed by atoms with Crippen molar-refractivity contribution < 1.29 is 0 Å². The van der Waals surface area contributed by atoms with Gasteiger partial charge in [0.2, 0.25) is 0 Å². The van der Waals surface area contributed by atoms with Crippen molar-refractivity contribution in [3.63, 3.8) is 0 Å². The monoisotopic (exact) mass is 357 g/mol. The van der Waals surface area contributed by atoms with E-state index >= 15 is 0 Å². The predicted octanol–water partition coefficient (Wildman–Crippen LogP) is 4.15. The number of fused-ring (bicyclic) bond motifs is 2. The molecule has 7 heteroatoms. The van der Waals surface area contributed by atoms with E-state index in [9.17, 15) is 0 Å². The molecular weight excluding hydrogens is 338 g/mol. The molecule has 0 amide bonds. The quantitative estimate of drug-likeness (QED) is 0.507. The topological polar surface area (TPSA) is 75.8 Å². The molecule has 5 rings (SSSR count). The van der Waals surface area contributed by atoms with Crippen LogP contribution in [-0.2, 0) is 6.54 Å². The molecule has 0 saturated heterocycles. The van der Waals surface area contributed by atoms with E-state index in [1.54, 1.807) is 6.20 Å². The average Bonchev–Trinajstić information content (AvgIpc) is 3.39. The number of rotatable bonds is 4. The van der Waals surface area contributed by atoms with E-state index in [4.69, 9.17) is 0 Å². The summed E-state index contributed by atoms with van der Waals surface area (Å²) in [5.41, 5.74) is 6.13. The molecule has 0 radical (unpaired) electrons. The van der Waals surface area contributed by atoms with Crippen LogP contribution in [0.5, 0.6) is 0 Å². The maximum Gasteiger partial charge on any atom is 0.160 e. The Hall–Kier alpha value is -3.61. The van der Waals surface area contributed by atoms with Gasteiger partial charge < -0.3 is 9.72 Å². The number of nitrogens with one attached hydrogen (secondary N) is 2. The molecule has 0 aliphatic heterocycles. The number of benzene rings is 1. The molecule has 2 N–H and O–H groups in total. The molecule has 0 unspecified atom stereocenters. The zero-order valence-corrected chi connectivity index (χ0v) is 15.1. The largest absolute Gasteiger partial charge is 0.336 e. The van der Waals surface area contributed by atoms with Gasteiger partial charge in [-0.25, -0.2) is 4.98 Å². The van der Waals surface area contributed by atoms with Crippen LogP contribution in [0.2, 0.25) is 0 Å². The molecule has 5 aromatic rings.